The van der Waals surface area contributed by atoms with E-state index in [1.807, 2.05) is 0 Å². The zero-order valence-electron chi connectivity index (χ0n) is 12.4. The Morgan fingerprint density at radius 2 is 2.14 bits per heavy atom. The van der Waals surface area contributed by atoms with Crippen LogP contribution >= 0.6 is 0 Å². The molecule has 4 heterocycles. The first kappa shape index (κ1) is 13.2. The van der Waals surface area contributed by atoms with E-state index in [1.54, 1.807) is 0 Å². The summed E-state index contributed by atoms with van der Waals surface area (Å²) in [6.07, 6.45) is 10.1. The number of piperazine rings is 1. The van der Waals surface area contributed by atoms with Crippen LogP contribution < -0.4 is 10.6 Å². The minimum absolute atomic E-state index is 0.00738. The predicted octanol–water partition coefficient (Wildman–Crippen LogP) is 0.272. The topological polar surface area (TPSA) is 47.6 Å². The van der Waals surface area contributed by atoms with Crippen molar-refractivity contribution in [3.8, 4) is 0 Å². The van der Waals surface area contributed by atoms with Crippen molar-refractivity contribution in [3.05, 3.63) is 24.0 Å². The molecule has 0 saturated carbocycles. The van der Waals surface area contributed by atoms with Gasteiger partial charge in [0.05, 0.1) is 6.04 Å². The van der Waals surface area contributed by atoms with Gasteiger partial charge in [0.1, 0.15) is 11.9 Å². The third kappa shape index (κ3) is 2.33. The Morgan fingerprint density at radius 3 is 3.00 bits per heavy atom. The number of allylic oxidation sites excluding steroid dienone is 2. The molecule has 4 aliphatic heterocycles. The van der Waals surface area contributed by atoms with Gasteiger partial charge in [-0.3, -0.25) is 4.79 Å². The fraction of sp³-hybridized carbons (Fsp3) is 0.688. The van der Waals surface area contributed by atoms with Crippen molar-refractivity contribution in [1.29, 1.82) is 0 Å². The van der Waals surface area contributed by atoms with Gasteiger partial charge in [-0.25, -0.2) is 0 Å². The SMILES string of the molecule is O=C1C2CNC3=CC=CC(CN1CCC1CCNCC1)N32. The average Bonchev–Trinajstić information content (AvgIpc) is 2.96. The molecule has 3 saturated heterocycles. The first-order valence-electron chi connectivity index (χ1n) is 8.23. The van der Waals surface area contributed by atoms with Crippen LogP contribution in [0.2, 0.25) is 0 Å². The van der Waals surface area contributed by atoms with E-state index in [-0.39, 0.29) is 6.04 Å². The van der Waals surface area contributed by atoms with E-state index in [0.717, 1.165) is 50.9 Å². The third-order valence-corrected chi connectivity index (χ3v) is 5.31. The van der Waals surface area contributed by atoms with Gasteiger partial charge in [0.25, 0.3) is 0 Å². The zero-order chi connectivity index (χ0) is 14.2. The smallest absolute Gasteiger partial charge is 0.247 e. The van der Waals surface area contributed by atoms with Crippen LogP contribution in [0.5, 0.6) is 0 Å². The molecule has 1 amide bonds. The first-order chi connectivity index (χ1) is 10.3. The summed E-state index contributed by atoms with van der Waals surface area (Å²) in [6, 6.07) is 0.365. The molecule has 5 nitrogen and oxygen atoms in total. The van der Waals surface area contributed by atoms with Crippen molar-refractivity contribution in [2.24, 2.45) is 5.92 Å². The van der Waals surface area contributed by atoms with Crippen molar-refractivity contribution in [2.45, 2.75) is 31.3 Å². The van der Waals surface area contributed by atoms with Gasteiger partial charge in [0.2, 0.25) is 5.91 Å². The molecule has 3 fully saturated rings. The molecular weight excluding hydrogens is 264 g/mol. The molecule has 0 radical (unpaired) electrons. The normalized spacial score (nSPS) is 32.0. The summed E-state index contributed by atoms with van der Waals surface area (Å²) in [5.74, 6) is 2.22. The van der Waals surface area contributed by atoms with Gasteiger partial charge >= 0.3 is 0 Å². The van der Waals surface area contributed by atoms with Crippen LogP contribution in [0.4, 0.5) is 0 Å². The van der Waals surface area contributed by atoms with Crippen molar-refractivity contribution in [3.63, 3.8) is 0 Å². The van der Waals surface area contributed by atoms with Crippen LogP contribution in [-0.2, 0) is 4.79 Å². The Bertz CT molecular complexity index is 481. The van der Waals surface area contributed by atoms with E-state index in [4.69, 9.17) is 0 Å². The lowest BCUT2D eigenvalue weighted by Gasteiger charge is -2.43. The highest BCUT2D eigenvalue weighted by atomic mass is 16.2. The van der Waals surface area contributed by atoms with Crippen LogP contribution in [0.3, 0.4) is 0 Å². The molecule has 0 aromatic carbocycles. The number of hydrogen-bond acceptors (Lipinski definition) is 4. The molecule has 0 spiro atoms. The van der Waals surface area contributed by atoms with Crippen LogP contribution in [0, 0.1) is 5.92 Å². The second-order valence-corrected chi connectivity index (χ2v) is 6.57. The van der Waals surface area contributed by atoms with Gasteiger partial charge in [-0.15, -0.1) is 0 Å². The van der Waals surface area contributed by atoms with E-state index in [1.165, 1.54) is 12.8 Å². The summed E-state index contributed by atoms with van der Waals surface area (Å²) in [5.41, 5.74) is 0. The van der Waals surface area contributed by atoms with Gasteiger partial charge in [-0.05, 0) is 44.3 Å². The number of nitrogens with zero attached hydrogens (tertiary/aromatic N) is 2. The lowest BCUT2D eigenvalue weighted by molar-refractivity contribution is -0.140. The van der Waals surface area contributed by atoms with Gasteiger partial charge in [-0.1, -0.05) is 12.2 Å². The standard InChI is InChI=1S/C16H24N4O/c21-16-14-10-18-15-3-1-2-13(20(14)15)11-19(16)9-6-12-4-7-17-8-5-12/h1-3,12-14,17-18H,4-11H2. The number of amides is 1. The average molecular weight is 288 g/mol. The summed E-state index contributed by atoms with van der Waals surface area (Å²) < 4.78 is 0. The van der Waals surface area contributed by atoms with Crippen LogP contribution in [0.1, 0.15) is 19.3 Å². The Kier molecular flexibility index (Phi) is 3.37. The highest BCUT2D eigenvalue weighted by molar-refractivity contribution is 5.84. The summed E-state index contributed by atoms with van der Waals surface area (Å²) >= 11 is 0. The Morgan fingerprint density at radius 1 is 1.29 bits per heavy atom. The fourth-order valence-electron chi connectivity index (χ4n) is 4.07. The summed E-state index contributed by atoms with van der Waals surface area (Å²) in [6.45, 7) is 4.80. The molecule has 21 heavy (non-hydrogen) atoms. The maximum atomic E-state index is 12.7. The van der Waals surface area contributed by atoms with Crippen LogP contribution in [0.15, 0.2) is 24.0 Å². The molecule has 2 N–H and O–H groups in total. The maximum Gasteiger partial charge on any atom is 0.247 e. The molecule has 2 atom stereocenters. The molecule has 0 aromatic rings. The second kappa shape index (κ2) is 5.37. The maximum absolute atomic E-state index is 12.7. The number of carbonyl (C=O) groups excluding carboxylic acids is 1. The van der Waals surface area contributed by atoms with E-state index in [0.29, 0.717) is 11.9 Å². The zero-order valence-corrected chi connectivity index (χ0v) is 12.4. The van der Waals surface area contributed by atoms with Crippen LogP contribution in [-0.4, -0.2) is 60.5 Å². The molecule has 0 aromatic heterocycles. The van der Waals surface area contributed by atoms with E-state index < -0.39 is 0 Å². The Balaban J connectivity index is 1.41. The van der Waals surface area contributed by atoms with Gasteiger partial charge < -0.3 is 20.4 Å². The van der Waals surface area contributed by atoms with E-state index in [9.17, 15) is 4.79 Å². The van der Waals surface area contributed by atoms with Gasteiger partial charge in [-0.2, -0.15) is 0 Å². The Hall–Kier alpha value is -1.49. The highest BCUT2D eigenvalue weighted by Gasteiger charge is 2.44. The number of nitrogens with one attached hydrogen (secondary N) is 2. The van der Waals surface area contributed by atoms with Gasteiger partial charge in [0.15, 0.2) is 0 Å². The van der Waals surface area contributed by atoms with Crippen molar-refractivity contribution < 1.29 is 4.79 Å². The minimum Gasteiger partial charge on any atom is -0.369 e. The molecule has 5 heteroatoms. The number of hydrogen-bond donors (Lipinski definition) is 2. The molecule has 114 valence electrons. The third-order valence-electron chi connectivity index (χ3n) is 5.31. The van der Waals surface area contributed by atoms with Crippen LogP contribution in [0.25, 0.3) is 0 Å². The molecular formula is C16H24N4O. The highest BCUT2D eigenvalue weighted by Crippen LogP contribution is 2.29. The number of rotatable bonds is 3. The molecule has 0 aliphatic carbocycles. The quantitative estimate of drug-likeness (QED) is 0.783. The summed E-state index contributed by atoms with van der Waals surface area (Å²) in [7, 11) is 0. The van der Waals surface area contributed by atoms with Crippen molar-refractivity contribution in [2.75, 3.05) is 32.7 Å². The molecule has 4 aliphatic rings. The molecule has 2 unspecified atom stereocenters. The number of piperidine rings is 1. The van der Waals surface area contributed by atoms with E-state index >= 15 is 0 Å². The summed E-state index contributed by atoms with van der Waals surface area (Å²) in [5, 5.41) is 6.78. The molecule has 4 rings (SSSR count). The minimum atomic E-state index is 0.00738. The second-order valence-electron chi connectivity index (χ2n) is 6.57. The molecule has 0 bridgehead atoms. The van der Waals surface area contributed by atoms with E-state index in [2.05, 4.69) is 38.7 Å². The predicted molar refractivity (Wildman–Crippen MR) is 81.4 cm³/mol. The Labute approximate surface area is 126 Å². The van der Waals surface area contributed by atoms with Crippen molar-refractivity contribution in [1.82, 2.24) is 20.4 Å². The van der Waals surface area contributed by atoms with Gasteiger partial charge in [0, 0.05) is 19.6 Å². The lowest BCUT2D eigenvalue weighted by Crippen LogP contribution is -2.59. The summed E-state index contributed by atoms with van der Waals surface area (Å²) in [4.78, 5) is 17.1. The fourth-order valence-corrected chi connectivity index (χ4v) is 4.07. The first-order valence-corrected chi connectivity index (χ1v) is 8.23. The largest absolute Gasteiger partial charge is 0.369 e. The monoisotopic (exact) mass is 288 g/mol. The van der Waals surface area contributed by atoms with Crippen molar-refractivity contribution >= 4 is 5.91 Å². The lowest BCUT2D eigenvalue weighted by atomic mass is 9.94. The number of carbonyl (C=O) groups is 1.